The van der Waals surface area contributed by atoms with Crippen LogP contribution in [0.15, 0.2) is 6.07 Å². The SMILES string of the molecule is Cc1cc(NC(=O)N[C@](C)(CO)C2CCCCC2)n(C)n1. The van der Waals surface area contributed by atoms with Crippen molar-refractivity contribution in [3.8, 4) is 0 Å². The minimum absolute atomic E-state index is 0.0461. The zero-order valence-electron chi connectivity index (χ0n) is 13.1. The predicted octanol–water partition coefficient (Wildman–Crippen LogP) is 2.18. The quantitative estimate of drug-likeness (QED) is 0.796. The van der Waals surface area contributed by atoms with Crippen molar-refractivity contribution >= 4 is 11.8 Å². The Kier molecular flexibility index (Phi) is 4.88. The molecule has 0 unspecified atom stereocenters. The third-order valence-electron chi connectivity index (χ3n) is 4.48. The van der Waals surface area contributed by atoms with Gasteiger partial charge >= 0.3 is 6.03 Å². The number of hydrogen-bond donors (Lipinski definition) is 3. The average Bonchev–Trinajstić information content (AvgIpc) is 2.77. The van der Waals surface area contributed by atoms with E-state index in [9.17, 15) is 9.90 Å². The lowest BCUT2D eigenvalue weighted by molar-refractivity contribution is 0.103. The summed E-state index contributed by atoms with van der Waals surface area (Å²) in [5, 5.41) is 19.7. The Bertz CT molecular complexity index is 494. The van der Waals surface area contributed by atoms with E-state index < -0.39 is 5.54 Å². The third-order valence-corrected chi connectivity index (χ3v) is 4.48. The van der Waals surface area contributed by atoms with Gasteiger partial charge in [-0.25, -0.2) is 4.79 Å². The van der Waals surface area contributed by atoms with Crippen LogP contribution in [0.1, 0.15) is 44.7 Å². The number of urea groups is 1. The van der Waals surface area contributed by atoms with Gasteiger partial charge in [0.15, 0.2) is 0 Å². The summed E-state index contributed by atoms with van der Waals surface area (Å²) in [5.74, 6) is 0.976. The fourth-order valence-electron chi connectivity index (χ4n) is 3.14. The van der Waals surface area contributed by atoms with Gasteiger partial charge in [0.05, 0.1) is 17.8 Å². The Hall–Kier alpha value is -1.56. The van der Waals surface area contributed by atoms with Crippen LogP contribution in [-0.4, -0.2) is 33.1 Å². The van der Waals surface area contributed by atoms with Crippen LogP contribution in [0, 0.1) is 12.8 Å². The van der Waals surface area contributed by atoms with Crippen LogP contribution >= 0.6 is 0 Å². The number of aryl methyl sites for hydroxylation is 2. The summed E-state index contributed by atoms with van der Waals surface area (Å²) in [7, 11) is 1.79. The van der Waals surface area contributed by atoms with Crippen molar-refractivity contribution in [1.29, 1.82) is 0 Å². The molecule has 3 N–H and O–H groups in total. The Morgan fingerprint density at radius 1 is 1.48 bits per heavy atom. The lowest BCUT2D eigenvalue weighted by atomic mass is 9.76. The molecule has 0 saturated heterocycles. The molecule has 1 heterocycles. The fourth-order valence-corrected chi connectivity index (χ4v) is 3.14. The summed E-state index contributed by atoms with van der Waals surface area (Å²) in [5.41, 5.74) is 0.281. The topological polar surface area (TPSA) is 79.2 Å². The van der Waals surface area contributed by atoms with Crippen molar-refractivity contribution in [1.82, 2.24) is 15.1 Å². The van der Waals surface area contributed by atoms with E-state index in [0.29, 0.717) is 11.7 Å². The van der Waals surface area contributed by atoms with Crippen molar-refractivity contribution < 1.29 is 9.90 Å². The molecule has 1 aliphatic rings. The number of carbonyl (C=O) groups is 1. The molecule has 1 atom stereocenters. The molecule has 6 nitrogen and oxygen atoms in total. The number of nitrogens with zero attached hydrogens (tertiary/aromatic N) is 2. The molecule has 0 bridgehead atoms. The first kappa shape index (κ1) is 15.8. The molecule has 1 saturated carbocycles. The first-order valence-corrected chi connectivity index (χ1v) is 7.65. The zero-order valence-corrected chi connectivity index (χ0v) is 13.1. The number of nitrogens with one attached hydrogen (secondary N) is 2. The van der Waals surface area contributed by atoms with Crippen molar-refractivity contribution in [3.63, 3.8) is 0 Å². The second-order valence-corrected chi connectivity index (χ2v) is 6.28. The highest BCUT2D eigenvalue weighted by atomic mass is 16.3. The van der Waals surface area contributed by atoms with E-state index in [-0.39, 0.29) is 12.6 Å². The largest absolute Gasteiger partial charge is 0.394 e. The molecule has 6 heteroatoms. The van der Waals surface area contributed by atoms with E-state index in [0.717, 1.165) is 18.5 Å². The summed E-state index contributed by atoms with van der Waals surface area (Å²) in [4.78, 5) is 12.2. The van der Waals surface area contributed by atoms with E-state index in [4.69, 9.17) is 0 Å². The van der Waals surface area contributed by atoms with Crippen molar-refractivity contribution in [2.45, 2.75) is 51.5 Å². The van der Waals surface area contributed by atoms with Gasteiger partial charge in [0.25, 0.3) is 0 Å². The molecule has 2 amide bonds. The Balaban J connectivity index is 2.00. The number of carbonyl (C=O) groups excluding carboxylic acids is 1. The van der Waals surface area contributed by atoms with Gasteiger partial charge in [-0.05, 0) is 32.6 Å². The maximum Gasteiger partial charge on any atom is 0.320 e. The van der Waals surface area contributed by atoms with Gasteiger partial charge in [-0.15, -0.1) is 0 Å². The molecular weight excluding hydrogens is 268 g/mol. The standard InChI is InChI=1S/C15H26N4O2/c1-11-9-13(19(3)18-11)16-14(21)17-15(2,10-20)12-7-5-4-6-8-12/h9,12,20H,4-8,10H2,1-3H3,(H2,16,17,21)/t15-/m1/s1. The first-order valence-electron chi connectivity index (χ1n) is 7.65. The van der Waals surface area contributed by atoms with E-state index in [1.54, 1.807) is 11.7 Å². The molecule has 118 valence electrons. The Labute approximate surface area is 125 Å². The highest BCUT2D eigenvalue weighted by Gasteiger charge is 2.35. The molecule has 0 aliphatic heterocycles. The summed E-state index contributed by atoms with van der Waals surface area (Å²) >= 11 is 0. The molecule has 0 aromatic carbocycles. The van der Waals surface area contributed by atoms with Gasteiger partial charge in [-0.1, -0.05) is 19.3 Å². The van der Waals surface area contributed by atoms with Crippen molar-refractivity contribution in [3.05, 3.63) is 11.8 Å². The molecule has 1 aromatic heterocycles. The van der Waals surface area contributed by atoms with Gasteiger partial charge in [0, 0.05) is 13.1 Å². The van der Waals surface area contributed by atoms with E-state index in [1.807, 2.05) is 19.9 Å². The number of aliphatic hydroxyl groups is 1. The summed E-state index contributed by atoms with van der Waals surface area (Å²) < 4.78 is 1.63. The molecular formula is C15H26N4O2. The number of rotatable bonds is 4. The number of anilines is 1. The lowest BCUT2D eigenvalue weighted by Crippen LogP contribution is -2.56. The van der Waals surface area contributed by atoms with Gasteiger partial charge in [0.1, 0.15) is 5.82 Å². The van der Waals surface area contributed by atoms with Crippen LogP contribution in [0.3, 0.4) is 0 Å². The summed E-state index contributed by atoms with van der Waals surface area (Å²) in [6, 6.07) is 1.52. The average molecular weight is 294 g/mol. The molecule has 0 radical (unpaired) electrons. The fraction of sp³-hybridized carbons (Fsp3) is 0.733. The molecule has 1 aliphatic carbocycles. The third kappa shape index (κ3) is 3.75. The number of amides is 2. The zero-order chi connectivity index (χ0) is 15.5. The Morgan fingerprint density at radius 3 is 2.67 bits per heavy atom. The maximum atomic E-state index is 12.2. The van der Waals surface area contributed by atoms with Gasteiger partial charge in [0.2, 0.25) is 0 Å². The van der Waals surface area contributed by atoms with Gasteiger partial charge < -0.3 is 10.4 Å². The van der Waals surface area contributed by atoms with E-state index >= 15 is 0 Å². The predicted molar refractivity (Wildman–Crippen MR) is 82.2 cm³/mol. The molecule has 2 rings (SSSR count). The van der Waals surface area contributed by atoms with Crippen LogP contribution < -0.4 is 10.6 Å². The smallest absolute Gasteiger partial charge is 0.320 e. The lowest BCUT2D eigenvalue weighted by Gasteiger charge is -2.39. The van der Waals surface area contributed by atoms with Crippen LogP contribution in [0.5, 0.6) is 0 Å². The summed E-state index contributed by atoms with van der Waals surface area (Å²) in [6.07, 6.45) is 5.71. The van der Waals surface area contributed by atoms with Crippen LogP contribution in [-0.2, 0) is 7.05 Å². The number of aromatic nitrogens is 2. The normalized spacial score (nSPS) is 19.0. The van der Waals surface area contributed by atoms with E-state index in [2.05, 4.69) is 15.7 Å². The van der Waals surface area contributed by atoms with Crippen LogP contribution in [0.4, 0.5) is 10.6 Å². The van der Waals surface area contributed by atoms with Crippen LogP contribution in [0.2, 0.25) is 0 Å². The highest BCUT2D eigenvalue weighted by Crippen LogP contribution is 2.32. The van der Waals surface area contributed by atoms with Gasteiger partial charge in [-0.2, -0.15) is 5.10 Å². The molecule has 21 heavy (non-hydrogen) atoms. The second kappa shape index (κ2) is 6.47. The number of aliphatic hydroxyl groups excluding tert-OH is 1. The minimum atomic E-state index is -0.571. The second-order valence-electron chi connectivity index (χ2n) is 6.28. The summed E-state index contributed by atoms with van der Waals surface area (Å²) in [6.45, 7) is 3.76. The molecule has 0 spiro atoms. The number of hydrogen-bond acceptors (Lipinski definition) is 3. The van der Waals surface area contributed by atoms with E-state index in [1.165, 1.54) is 19.3 Å². The van der Waals surface area contributed by atoms with Crippen molar-refractivity contribution in [2.75, 3.05) is 11.9 Å². The van der Waals surface area contributed by atoms with Crippen molar-refractivity contribution in [2.24, 2.45) is 13.0 Å². The Morgan fingerprint density at radius 2 is 2.14 bits per heavy atom. The monoisotopic (exact) mass is 294 g/mol. The molecule has 1 aromatic rings. The van der Waals surface area contributed by atoms with Crippen LogP contribution in [0.25, 0.3) is 0 Å². The highest BCUT2D eigenvalue weighted by molar-refractivity contribution is 5.89. The molecule has 1 fully saturated rings. The first-order chi connectivity index (χ1) is 9.94. The van der Waals surface area contributed by atoms with Gasteiger partial charge in [-0.3, -0.25) is 10.00 Å². The maximum absolute atomic E-state index is 12.2. The minimum Gasteiger partial charge on any atom is -0.394 e.